The lowest BCUT2D eigenvalue weighted by molar-refractivity contribution is 0.801. The molecule has 0 fully saturated rings. The first-order valence-corrected chi connectivity index (χ1v) is 17.0. The number of nitrogens with zero attached hydrogens (tertiary/aromatic N) is 9. The van der Waals surface area contributed by atoms with Crippen LogP contribution in [0.1, 0.15) is 0 Å². The monoisotopic (exact) mass is 663 g/mol. The second kappa shape index (κ2) is 13.5. The van der Waals surface area contributed by atoms with E-state index in [1.54, 1.807) is 0 Å². The standard InChI is InChI=1S/C40H35B2N9/c1-41(38-15-5-7-21-43-38)28-11-9-13-30(23-28)49(3)32-17-19-34-35-20-18-33(26-37(35)51(36(34)25-32)40-47-45-27-46-48-40)50(4)31-14-10-12-29(24-31)42(2)39-16-6-8-22-44-39/h5-27H,1-4H3. The van der Waals surface area contributed by atoms with Gasteiger partial charge in [0, 0.05) is 71.2 Å². The van der Waals surface area contributed by atoms with Crippen molar-refractivity contribution in [3.8, 4) is 5.95 Å². The molecule has 11 heteroatoms. The van der Waals surface area contributed by atoms with Crippen molar-refractivity contribution >= 4 is 80.1 Å². The van der Waals surface area contributed by atoms with E-state index in [1.807, 2.05) is 36.7 Å². The molecule has 0 amide bonds. The van der Waals surface area contributed by atoms with E-state index in [2.05, 4.69) is 170 Å². The summed E-state index contributed by atoms with van der Waals surface area (Å²) in [5.41, 5.74) is 10.7. The van der Waals surface area contributed by atoms with Gasteiger partial charge >= 0.3 is 0 Å². The summed E-state index contributed by atoms with van der Waals surface area (Å²) in [5, 5.41) is 19.2. The van der Waals surface area contributed by atoms with Crippen LogP contribution < -0.4 is 31.9 Å². The summed E-state index contributed by atoms with van der Waals surface area (Å²) >= 11 is 0. The Balaban J connectivity index is 1.18. The van der Waals surface area contributed by atoms with E-state index < -0.39 is 0 Å². The first kappa shape index (κ1) is 31.9. The Labute approximate surface area is 297 Å². The van der Waals surface area contributed by atoms with Gasteiger partial charge in [-0.05, 0) is 72.8 Å². The maximum Gasteiger partial charge on any atom is 0.273 e. The number of anilines is 4. The number of rotatable bonds is 9. The third-order valence-electron chi connectivity index (χ3n) is 9.88. The van der Waals surface area contributed by atoms with Crippen molar-refractivity contribution in [2.75, 3.05) is 23.9 Å². The number of benzene rings is 4. The van der Waals surface area contributed by atoms with Gasteiger partial charge in [-0.25, -0.2) is 0 Å². The van der Waals surface area contributed by atoms with Crippen LogP contribution in [0.2, 0.25) is 13.6 Å². The van der Waals surface area contributed by atoms with Gasteiger partial charge in [0.2, 0.25) is 13.4 Å². The highest BCUT2D eigenvalue weighted by molar-refractivity contribution is 6.84. The van der Waals surface area contributed by atoms with Gasteiger partial charge in [0.25, 0.3) is 5.95 Å². The minimum absolute atomic E-state index is 0.166. The van der Waals surface area contributed by atoms with Crippen LogP contribution >= 0.6 is 0 Å². The van der Waals surface area contributed by atoms with Crippen molar-refractivity contribution < 1.29 is 0 Å². The first-order chi connectivity index (χ1) is 25.0. The van der Waals surface area contributed by atoms with Gasteiger partial charge < -0.3 is 9.80 Å². The predicted molar refractivity (Wildman–Crippen MR) is 211 cm³/mol. The lowest BCUT2D eigenvalue weighted by atomic mass is 9.44. The lowest BCUT2D eigenvalue weighted by Gasteiger charge is -2.21. The molecule has 0 bridgehead atoms. The minimum Gasteiger partial charge on any atom is -0.345 e. The molecule has 8 aromatic rings. The zero-order chi connectivity index (χ0) is 34.9. The van der Waals surface area contributed by atoms with Crippen LogP contribution in [0, 0.1) is 0 Å². The van der Waals surface area contributed by atoms with Crippen LogP contribution in [-0.4, -0.2) is 62.5 Å². The fraction of sp³-hybridized carbons (Fsp3) is 0.100. The zero-order valence-electron chi connectivity index (χ0n) is 29.0. The van der Waals surface area contributed by atoms with Crippen LogP contribution in [0.4, 0.5) is 22.7 Å². The Morgan fingerprint density at radius 3 is 1.43 bits per heavy atom. The molecule has 0 spiro atoms. The maximum absolute atomic E-state index is 4.59. The molecule has 0 aliphatic heterocycles. The van der Waals surface area contributed by atoms with Crippen molar-refractivity contribution in [3.05, 3.63) is 140 Å². The molecule has 0 radical (unpaired) electrons. The van der Waals surface area contributed by atoms with Crippen molar-refractivity contribution in [3.63, 3.8) is 0 Å². The molecule has 51 heavy (non-hydrogen) atoms. The van der Waals surface area contributed by atoms with Crippen LogP contribution in [0.3, 0.4) is 0 Å². The van der Waals surface area contributed by atoms with Crippen LogP contribution in [-0.2, 0) is 0 Å². The molecule has 0 saturated carbocycles. The zero-order valence-corrected chi connectivity index (χ0v) is 29.0. The molecular formula is C40H35B2N9. The third kappa shape index (κ3) is 6.07. The Bertz CT molecular complexity index is 2310. The molecule has 0 aliphatic rings. The second-order valence-corrected chi connectivity index (χ2v) is 12.8. The summed E-state index contributed by atoms with van der Waals surface area (Å²) in [4.78, 5) is 13.6. The number of fused-ring (bicyclic) bond motifs is 3. The van der Waals surface area contributed by atoms with E-state index >= 15 is 0 Å². The Kier molecular flexibility index (Phi) is 8.45. The molecule has 0 atom stereocenters. The summed E-state index contributed by atoms with van der Waals surface area (Å²) in [6.45, 7) is 4.72. The van der Waals surface area contributed by atoms with Gasteiger partial charge in [0.15, 0.2) is 6.33 Å². The third-order valence-corrected chi connectivity index (χ3v) is 9.88. The first-order valence-electron chi connectivity index (χ1n) is 17.0. The van der Waals surface area contributed by atoms with Crippen molar-refractivity contribution in [2.45, 2.75) is 13.6 Å². The van der Waals surface area contributed by atoms with E-state index in [0.717, 1.165) is 55.7 Å². The molecule has 0 saturated heterocycles. The molecule has 4 aromatic heterocycles. The van der Waals surface area contributed by atoms with Crippen LogP contribution in [0.15, 0.2) is 140 Å². The highest BCUT2D eigenvalue weighted by atomic mass is 15.3. The Hall–Kier alpha value is -6.35. The van der Waals surface area contributed by atoms with Crippen molar-refractivity contribution in [2.24, 2.45) is 0 Å². The van der Waals surface area contributed by atoms with Gasteiger partial charge in [-0.2, -0.15) is 0 Å². The SMILES string of the molecule is CB(c1cccc(N(C)c2ccc3c4ccc(N(C)c5cccc(B(C)c6ccccn6)c5)cc4n(-c4nncnn4)c3c2)c1)c1ccccn1. The van der Waals surface area contributed by atoms with E-state index in [-0.39, 0.29) is 13.4 Å². The average molecular weight is 663 g/mol. The number of aromatic nitrogens is 7. The normalized spacial score (nSPS) is 11.1. The fourth-order valence-electron chi connectivity index (χ4n) is 6.82. The molecule has 0 aliphatic carbocycles. The van der Waals surface area contributed by atoms with E-state index in [1.165, 1.54) is 17.3 Å². The van der Waals surface area contributed by atoms with E-state index in [4.69, 9.17) is 0 Å². The van der Waals surface area contributed by atoms with Crippen LogP contribution in [0.5, 0.6) is 0 Å². The van der Waals surface area contributed by atoms with E-state index in [9.17, 15) is 0 Å². The molecule has 9 nitrogen and oxygen atoms in total. The molecule has 4 heterocycles. The molecule has 246 valence electrons. The summed E-state index contributed by atoms with van der Waals surface area (Å²) in [6.07, 6.45) is 5.05. The molecule has 8 rings (SSSR count). The van der Waals surface area contributed by atoms with Gasteiger partial charge in [0.05, 0.1) is 11.0 Å². The predicted octanol–water partition coefficient (Wildman–Crippen LogP) is 5.17. The number of pyridine rings is 2. The minimum atomic E-state index is 0.166. The van der Waals surface area contributed by atoms with Gasteiger partial charge in [-0.3, -0.25) is 14.5 Å². The second-order valence-electron chi connectivity index (χ2n) is 12.8. The lowest BCUT2D eigenvalue weighted by Crippen LogP contribution is -2.41. The molecule has 0 unspecified atom stereocenters. The largest absolute Gasteiger partial charge is 0.345 e. The molecule has 0 N–H and O–H groups in total. The highest BCUT2D eigenvalue weighted by Crippen LogP contribution is 2.37. The highest BCUT2D eigenvalue weighted by Gasteiger charge is 2.20. The Morgan fingerprint density at radius 1 is 0.510 bits per heavy atom. The summed E-state index contributed by atoms with van der Waals surface area (Å²) in [7, 11) is 4.19. The van der Waals surface area contributed by atoms with Crippen molar-refractivity contribution in [1.82, 2.24) is 34.9 Å². The maximum atomic E-state index is 4.59. The fourth-order valence-corrected chi connectivity index (χ4v) is 6.82. The van der Waals surface area contributed by atoms with E-state index in [0.29, 0.717) is 5.95 Å². The Morgan fingerprint density at radius 2 is 0.980 bits per heavy atom. The summed E-state index contributed by atoms with van der Waals surface area (Å²) in [6, 6.07) is 42.5. The molecule has 4 aromatic carbocycles. The smallest absolute Gasteiger partial charge is 0.273 e. The van der Waals surface area contributed by atoms with Crippen LogP contribution in [0.25, 0.3) is 27.8 Å². The van der Waals surface area contributed by atoms with Gasteiger partial charge in [-0.15, -0.1) is 20.4 Å². The number of hydrogen-bond donors (Lipinski definition) is 0. The summed E-state index contributed by atoms with van der Waals surface area (Å²) in [5.74, 6) is 0.412. The van der Waals surface area contributed by atoms with Gasteiger partial charge in [0.1, 0.15) is 0 Å². The summed E-state index contributed by atoms with van der Waals surface area (Å²) < 4.78 is 2.05. The van der Waals surface area contributed by atoms with Gasteiger partial charge in [-0.1, -0.05) is 73.1 Å². The number of hydrogen-bond acceptors (Lipinski definition) is 8. The topological polar surface area (TPSA) is 88.8 Å². The quantitative estimate of drug-likeness (QED) is 0.196. The van der Waals surface area contributed by atoms with Crippen molar-refractivity contribution in [1.29, 1.82) is 0 Å². The molecular weight excluding hydrogens is 628 g/mol. The average Bonchev–Trinajstić information content (AvgIpc) is 3.53.